The molecule has 2 aromatic rings. The highest BCUT2D eigenvalue weighted by atomic mass is 35.5. The molecule has 30 heavy (non-hydrogen) atoms. The van der Waals surface area contributed by atoms with Crippen LogP contribution in [0.2, 0.25) is 10.0 Å². The second-order valence-corrected chi connectivity index (χ2v) is 8.74. The largest absolute Gasteiger partial charge is 0.454 e. The van der Waals surface area contributed by atoms with Crippen LogP contribution in [0, 0.1) is 6.92 Å². The number of esters is 1. The maximum absolute atomic E-state index is 12.2. The van der Waals surface area contributed by atoms with Crippen LogP contribution in [0.1, 0.15) is 18.1 Å². The number of carbonyl (C=O) groups excluding carboxylic acids is 2. The standard InChI is InChI=1S/C18H16Cl2N4O5S/c1-9-12(19)7-21-17(15(9)20)23-14(25)8-29-18(26)10(2)22-16-11-5-3-4-6-13(11)30(27,28)24-16/h3-7,10H,8H2,1-2H3,(H,22,24)(H,21,23,25)/t10-/m0/s1. The van der Waals surface area contributed by atoms with Crippen molar-refractivity contribution in [1.82, 2.24) is 9.71 Å². The molecular weight excluding hydrogens is 455 g/mol. The smallest absolute Gasteiger partial charge is 0.331 e. The van der Waals surface area contributed by atoms with Crippen LogP contribution >= 0.6 is 23.2 Å². The number of hydrogen-bond acceptors (Lipinski definition) is 7. The van der Waals surface area contributed by atoms with Gasteiger partial charge in [-0.2, -0.15) is 0 Å². The highest BCUT2D eigenvalue weighted by Crippen LogP contribution is 2.28. The summed E-state index contributed by atoms with van der Waals surface area (Å²) in [5.41, 5.74) is 0.901. The first-order valence-corrected chi connectivity index (χ1v) is 10.8. The number of rotatable bonds is 5. The molecule has 1 aliphatic rings. The number of fused-ring (bicyclic) bond motifs is 1. The van der Waals surface area contributed by atoms with Crippen molar-refractivity contribution in [3.05, 3.63) is 51.6 Å². The molecule has 1 aromatic heterocycles. The molecule has 2 heterocycles. The molecule has 0 saturated carbocycles. The minimum atomic E-state index is -3.72. The summed E-state index contributed by atoms with van der Waals surface area (Å²) < 4.78 is 31.4. The molecule has 0 bridgehead atoms. The Morgan fingerprint density at radius 3 is 2.73 bits per heavy atom. The molecule has 0 saturated heterocycles. The number of anilines is 1. The third kappa shape index (κ3) is 4.55. The van der Waals surface area contributed by atoms with Crippen molar-refractivity contribution in [1.29, 1.82) is 0 Å². The van der Waals surface area contributed by atoms with E-state index in [1.165, 1.54) is 19.2 Å². The first-order chi connectivity index (χ1) is 14.1. The SMILES string of the molecule is Cc1c(Cl)cnc(NC(=O)COC(=O)[C@H](C)N=C2NS(=O)(=O)c3ccccc32)c1Cl. The fraction of sp³-hybridized carbons (Fsp3) is 0.222. The Hall–Kier alpha value is -2.69. The van der Waals surface area contributed by atoms with Crippen molar-refractivity contribution in [2.45, 2.75) is 24.8 Å². The lowest BCUT2D eigenvalue weighted by molar-refractivity contribution is -0.148. The number of nitrogens with zero attached hydrogens (tertiary/aromatic N) is 2. The molecule has 3 rings (SSSR count). The number of pyridine rings is 1. The summed E-state index contributed by atoms with van der Waals surface area (Å²) in [5, 5.41) is 2.95. The van der Waals surface area contributed by atoms with Gasteiger partial charge in [0.2, 0.25) is 0 Å². The van der Waals surface area contributed by atoms with Crippen molar-refractivity contribution in [3.8, 4) is 0 Å². The molecule has 1 atom stereocenters. The third-order valence-corrected chi connectivity index (χ3v) is 6.37. The Labute approximate surface area is 182 Å². The van der Waals surface area contributed by atoms with E-state index in [2.05, 4.69) is 20.0 Å². The Kier molecular flexibility index (Phi) is 6.30. The van der Waals surface area contributed by atoms with E-state index in [1.807, 2.05) is 0 Å². The molecule has 9 nitrogen and oxygen atoms in total. The van der Waals surface area contributed by atoms with Gasteiger partial charge in [0.25, 0.3) is 15.9 Å². The average molecular weight is 471 g/mol. The summed E-state index contributed by atoms with van der Waals surface area (Å²) in [6, 6.07) is 5.19. The minimum Gasteiger partial charge on any atom is -0.454 e. The Balaban J connectivity index is 1.62. The van der Waals surface area contributed by atoms with E-state index >= 15 is 0 Å². The molecule has 0 spiro atoms. The van der Waals surface area contributed by atoms with Gasteiger partial charge in [-0.05, 0) is 31.5 Å². The number of aromatic nitrogens is 1. The van der Waals surface area contributed by atoms with Crippen molar-refractivity contribution in [3.63, 3.8) is 0 Å². The number of ether oxygens (including phenoxy) is 1. The molecule has 1 amide bonds. The molecule has 0 fully saturated rings. The quantitative estimate of drug-likeness (QED) is 0.645. The van der Waals surface area contributed by atoms with Crippen LogP contribution in [0.15, 0.2) is 40.4 Å². The van der Waals surface area contributed by atoms with Gasteiger partial charge in [-0.15, -0.1) is 0 Å². The molecule has 1 aliphatic heterocycles. The maximum atomic E-state index is 12.2. The molecule has 158 valence electrons. The molecule has 0 radical (unpaired) electrons. The van der Waals surface area contributed by atoms with Crippen molar-refractivity contribution < 1.29 is 22.7 Å². The second kappa shape index (κ2) is 8.58. The molecule has 1 aromatic carbocycles. The van der Waals surface area contributed by atoms with Gasteiger partial charge in [0.05, 0.1) is 14.9 Å². The lowest BCUT2D eigenvalue weighted by Gasteiger charge is -2.11. The fourth-order valence-electron chi connectivity index (χ4n) is 2.55. The van der Waals surface area contributed by atoms with Gasteiger partial charge in [0, 0.05) is 11.8 Å². The van der Waals surface area contributed by atoms with Gasteiger partial charge >= 0.3 is 5.97 Å². The van der Waals surface area contributed by atoms with Crippen LogP contribution in [0.3, 0.4) is 0 Å². The number of carbonyl (C=O) groups is 2. The summed E-state index contributed by atoms with van der Waals surface area (Å²) in [6.07, 6.45) is 1.34. The van der Waals surface area contributed by atoms with Gasteiger partial charge in [0.1, 0.15) is 11.9 Å². The predicted octanol–water partition coefficient (Wildman–Crippen LogP) is 2.31. The number of sulfonamides is 1. The van der Waals surface area contributed by atoms with E-state index in [1.54, 1.807) is 25.1 Å². The summed E-state index contributed by atoms with van der Waals surface area (Å²) in [7, 11) is -3.72. The van der Waals surface area contributed by atoms with E-state index in [0.29, 0.717) is 16.1 Å². The van der Waals surface area contributed by atoms with Crippen LogP contribution in [-0.2, 0) is 24.3 Å². The first-order valence-electron chi connectivity index (χ1n) is 8.57. The zero-order valence-electron chi connectivity index (χ0n) is 15.8. The van der Waals surface area contributed by atoms with Gasteiger partial charge in [-0.25, -0.2) is 18.2 Å². The van der Waals surface area contributed by atoms with Crippen molar-refractivity contribution in [2.75, 3.05) is 11.9 Å². The normalized spacial score (nSPS) is 16.5. The number of nitrogens with one attached hydrogen (secondary N) is 2. The molecule has 0 unspecified atom stereocenters. The highest BCUT2D eigenvalue weighted by Gasteiger charge is 2.31. The van der Waals surface area contributed by atoms with Crippen LogP contribution in [0.25, 0.3) is 0 Å². The zero-order valence-corrected chi connectivity index (χ0v) is 18.1. The lowest BCUT2D eigenvalue weighted by Crippen LogP contribution is -2.29. The van der Waals surface area contributed by atoms with Crippen molar-refractivity contribution >= 4 is 56.8 Å². The summed E-state index contributed by atoms with van der Waals surface area (Å²) in [4.78, 5) is 32.3. The Morgan fingerprint density at radius 2 is 2.00 bits per heavy atom. The fourth-order valence-corrected chi connectivity index (χ4v) is 4.17. The maximum Gasteiger partial charge on any atom is 0.331 e. The summed E-state index contributed by atoms with van der Waals surface area (Å²) >= 11 is 12.0. The number of hydrogen-bond donors (Lipinski definition) is 2. The second-order valence-electron chi connectivity index (χ2n) is 6.30. The van der Waals surface area contributed by atoms with E-state index in [-0.39, 0.29) is 21.6 Å². The Morgan fingerprint density at radius 1 is 1.30 bits per heavy atom. The van der Waals surface area contributed by atoms with Gasteiger partial charge in [-0.1, -0.05) is 35.3 Å². The topological polar surface area (TPSA) is 127 Å². The van der Waals surface area contributed by atoms with E-state index < -0.39 is 34.5 Å². The van der Waals surface area contributed by atoms with Gasteiger partial charge < -0.3 is 10.1 Å². The Bertz CT molecular complexity index is 1170. The van der Waals surface area contributed by atoms with Gasteiger partial charge in [-0.3, -0.25) is 14.5 Å². The number of aliphatic imine (C=N–C) groups is 1. The molecule has 12 heteroatoms. The zero-order chi connectivity index (χ0) is 22.1. The first kappa shape index (κ1) is 22.0. The third-order valence-electron chi connectivity index (χ3n) is 4.13. The number of halogens is 2. The van der Waals surface area contributed by atoms with Crippen LogP contribution in [-0.4, -0.2) is 43.8 Å². The monoisotopic (exact) mass is 470 g/mol. The van der Waals surface area contributed by atoms with Crippen LogP contribution < -0.4 is 10.0 Å². The number of amidine groups is 1. The van der Waals surface area contributed by atoms with Crippen molar-refractivity contribution in [2.24, 2.45) is 4.99 Å². The average Bonchev–Trinajstić information content (AvgIpc) is 2.97. The van der Waals surface area contributed by atoms with E-state index in [9.17, 15) is 18.0 Å². The number of amides is 1. The summed E-state index contributed by atoms with van der Waals surface area (Å²) in [6.45, 7) is 2.48. The van der Waals surface area contributed by atoms with Crippen LogP contribution in [0.4, 0.5) is 5.82 Å². The minimum absolute atomic E-state index is 0.0344. The summed E-state index contributed by atoms with van der Waals surface area (Å²) in [5.74, 6) is -1.35. The van der Waals surface area contributed by atoms with E-state index in [4.69, 9.17) is 27.9 Å². The highest BCUT2D eigenvalue weighted by molar-refractivity contribution is 7.90. The van der Waals surface area contributed by atoms with Gasteiger partial charge in [0.15, 0.2) is 12.4 Å². The molecule has 0 aliphatic carbocycles. The predicted molar refractivity (Wildman–Crippen MR) is 111 cm³/mol. The lowest BCUT2D eigenvalue weighted by atomic mass is 10.2. The van der Waals surface area contributed by atoms with E-state index in [0.717, 1.165) is 0 Å². The number of benzene rings is 1. The molecular formula is C18H16Cl2N4O5S. The van der Waals surface area contributed by atoms with Crippen LogP contribution in [0.5, 0.6) is 0 Å². The molecule has 2 N–H and O–H groups in total.